The first-order chi connectivity index (χ1) is 9.67. The first-order valence-electron chi connectivity index (χ1n) is 6.42. The zero-order valence-corrected chi connectivity index (χ0v) is 11.6. The first-order valence-corrected chi connectivity index (χ1v) is 6.42. The van der Waals surface area contributed by atoms with Gasteiger partial charge in [0.2, 0.25) is 0 Å². The molecule has 4 nitrogen and oxygen atoms in total. The molecule has 0 unspecified atom stereocenters. The summed E-state index contributed by atoms with van der Waals surface area (Å²) in [6.45, 7) is 2.50. The van der Waals surface area contributed by atoms with Gasteiger partial charge in [0, 0.05) is 12.7 Å². The fraction of sp³-hybridized carbons (Fsp3) is 0.188. The summed E-state index contributed by atoms with van der Waals surface area (Å²) in [4.78, 5) is 1.97. The summed E-state index contributed by atoms with van der Waals surface area (Å²) >= 11 is 0. The summed E-state index contributed by atoms with van der Waals surface area (Å²) < 4.78 is 5.51. The Morgan fingerprint density at radius 1 is 1.20 bits per heavy atom. The van der Waals surface area contributed by atoms with Gasteiger partial charge in [-0.2, -0.15) is 5.26 Å². The van der Waals surface area contributed by atoms with Gasteiger partial charge in [-0.25, -0.2) is 0 Å². The molecule has 0 aliphatic rings. The second kappa shape index (κ2) is 5.98. The van der Waals surface area contributed by atoms with Gasteiger partial charge in [0.1, 0.15) is 5.75 Å². The summed E-state index contributed by atoms with van der Waals surface area (Å²) in [5.41, 5.74) is 9.23. The van der Waals surface area contributed by atoms with Crippen molar-refractivity contribution in [2.75, 3.05) is 24.3 Å². The molecule has 2 aromatic rings. The van der Waals surface area contributed by atoms with E-state index in [4.69, 9.17) is 15.7 Å². The van der Waals surface area contributed by atoms with Crippen molar-refractivity contribution in [3.8, 4) is 11.8 Å². The Morgan fingerprint density at radius 3 is 2.50 bits per heavy atom. The standard InChI is InChI=1S/C16H17N3O/c1-3-20-15-6-4-5-14(16(15)18)19(2)13-9-7-12(11-17)8-10-13/h4-10H,3,18H2,1-2H3. The van der Waals surface area contributed by atoms with Crippen molar-refractivity contribution in [1.29, 1.82) is 5.26 Å². The Labute approximate surface area is 119 Å². The van der Waals surface area contributed by atoms with Crippen molar-refractivity contribution in [3.63, 3.8) is 0 Å². The van der Waals surface area contributed by atoms with E-state index in [2.05, 4.69) is 6.07 Å². The van der Waals surface area contributed by atoms with E-state index in [1.54, 1.807) is 12.1 Å². The lowest BCUT2D eigenvalue weighted by atomic mass is 10.2. The molecule has 0 aliphatic carbocycles. The van der Waals surface area contributed by atoms with Crippen LogP contribution in [-0.4, -0.2) is 13.7 Å². The second-order valence-electron chi connectivity index (χ2n) is 4.34. The number of nitriles is 1. The van der Waals surface area contributed by atoms with E-state index in [1.165, 1.54) is 0 Å². The van der Waals surface area contributed by atoms with Crippen LogP contribution in [0.2, 0.25) is 0 Å². The average molecular weight is 267 g/mol. The predicted octanol–water partition coefficient (Wildman–Crippen LogP) is 3.31. The summed E-state index contributed by atoms with van der Waals surface area (Å²) in [5, 5.41) is 8.82. The summed E-state index contributed by atoms with van der Waals surface area (Å²) in [5.74, 6) is 0.686. The number of hydrogen-bond acceptors (Lipinski definition) is 4. The summed E-state index contributed by atoms with van der Waals surface area (Å²) in [7, 11) is 1.93. The van der Waals surface area contributed by atoms with Gasteiger partial charge in [-0.3, -0.25) is 0 Å². The van der Waals surface area contributed by atoms with Crippen molar-refractivity contribution < 1.29 is 4.74 Å². The van der Waals surface area contributed by atoms with Crippen LogP contribution in [0.3, 0.4) is 0 Å². The monoisotopic (exact) mass is 267 g/mol. The average Bonchev–Trinajstić information content (AvgIpc) is 2.49. The maximum absolute atomic E-state index is 8.82. The highest BCUT2D eigenvalue weighted by Gasteiger charge is 2.11. The molecular weight excluding hydrogens is 250 g/mol. The van der Waals surface area contributed by atoms with Gasteiger partial charge in [0.15, 0.2) is 0 Å². The lowest BCUT2D eigenvalue weighted by molar-refractivity contribution is 0.342. The SMILES string of the molecule is CCOc1cccc(N(C)c2ccc(C#N)cc2)c1N. The zero-order chi connectivity index (χ0) is 14.5. The van der Waals surface area contributed by atoms with Gasteiger partial charge in [0.05, 0.1) is 29.6 Å². The molecule has 0 aliphatic heterocycles. The fourth-order valence-corrected chi connectivity index (χ4v) is 2.00. The summed E-state index contributed by atoms with van der Waals surface area (Å²) in [6.07, 6.45) is 0. The van der Waals surface area contributed by atoms with Crippen LogP contribution in [0.5, 0.6) is 5.75 Å². The van der Waals surface area contributed by atoms with Gasteiger partial charge in [-0.15, -0.1) is 0 Å². The van der Waals surface area contributed by atoms with E-state index in [1.807, 2.05) is 49.2 Å². The number of nitrogens with two attached hydrogens (primary N) is 1. The van der Waals surface area contributed by atoms with Crippen LogP contribution in [0.15, 0.2) is 42.5 Å². The van der Waals surface area contributed by atoms with Crippen LogP contribution < -0.4 is 15.4 Å². The lowest BCUT2D eigenvalue weighted by Gasteiger charge is -2.22. The van der Waals surface area contributed by atoms with Crippen LogP contribution in [0.1, 0.15) is 12.5 Å². The molecule has 0 amide bonds. The fourth-order valence-electron chi connectivity index (χ4n) is 2.00. The largest absolute Gasteiger partial charge is 0.492 e. The van der Waals surface area contributed by atoms with Gasteiger partial charge in [-0.1, -0.05) is 6.07 Å². The van der Waals surface area contributed by atoms with Crippen LogP contribution in [0.4, 0.5) is 17.1 Å². The second-order valence-corrected chi connectivity index (χ2v) is 4.34. The lowest BCUT2D eigenvalue weighted by Crippen LogP contribution is -2.12. The molecule has 20 heavy (non-hydrogen) atoms. The Balaban J connectivity index is 2.35. The van der Waals surface area contributed by atoms with E-state index in [-0.39, 0.29) is 0 Å². The van der Waals surface area contributed by atoms with Gasteiger partial charge in [-0.05, 0) is 43.3 Å². The number of nitrogen functional groups attached to an aromatic ring is 1. The van der Waals surface area contributed by atoms with E-state index < -0.39 is 0 Å². The third-order valence-electron chi connectivity index (χ3n) is 3.09. The number of hydrogen-bond donors (Lipinski definition) is 1. The van der Waals surface area contributed by atoms with Crippen LogP contribution in [0, 0.1) is 11.3 Å². The molecule has 2 aromatic carbocycles. The molecule has 0 saturated carbocycles. The molecule has 0 aromatic heterocycles. The molecule has 0 saturated heterocycles. The third-order valence-corrected chi connectivity index (χ3v) is 3.09. The molecule has 0 atom stereocenters. The molecule has 0 bridgehead atoms. The van der Waals surface area contributed by atoms with Crippen molar-refractivity contribution in [1.82, 2.24) is 0 Å². The maximum atomic E-state index is 8.82. The highest BCUT2D eigenvalue weighted by Crippen LogP contribution is 2.35. The number of ether oxygens (including phenoxy) is 1. The number of rotatable bonds is 4. The summed E-state index contributed by atoms with van der Waals surface area (Å²) in [6, 6.07) is 15.2. The van der Waals surface area contributed by atoms with Gasteiger partial charge < -0.3 is 15.4 Å². The topological polar surface area (TPSA) is 62.3 Å². The molecule has 0 spiro atoms. The minimum Gasteiger partial charge on any atom is -0.492 e. The van der Waals surface area contributed by atoms with Crippen molar-refractivity contribution in [2.24, 2.45) is 0 Å². The molecule has 2 N–H and O–H groups in total. The van der Waals surface area contributed by atoms with E-state index in [0.717, 1.165) is 11.4 Å². The van der Waals surface area contributed by atoms with Crippen LogP contribution in [0.25, 0.3) is 0 Å². The smallest absolute Gasteiger partial charge is 0.144 e. The zero-order valence-electron chi connectivity index (χ0n) is 11.6. The van der Waals surface area contributed by atoms with Gasteiger partial charge in [0.25, 0.3) is 0 Å². The Hall–Kier alpha value is -2.67. The minimum absolute atomic E-state index is 0.578. The molecule has 2 rings (SSSR count). The molecule has 0 radical (unpaired) electrons. The highest BCUT2D eigenvalue weighted by molar-refractivity contribution is 5.78. The quantitative estimate of drug-likeness (QED) is 0.863. The number of para-hydroxylation sites is 1. The van der Waals surface area contributed by atoms with Crippen molar-refractivity contribution >= 4 is 17.1 Å². The normalized spacial score (nSPS) is 9.85. The molecular formula is C16H17N3O. The highest BCUT2D eigenvalue weighted by atomic mass is 16.5. The number of anilines is 3. The molecule has 4 heteroatoms. The van der Waals surface area contributed by atoms with E-state index >= 15 is 0 Å². The third kappa shape index (κ3) is 2.67. The van der Waals surface area contributed by atoms with Crippen LogP contribution in [-0.2, 0) is 0 Å². The number of nitrogens with zero attached hydrogens (tertiary/aromatic N) is 2. The van der Waals surface area contributed by atoms with E-state index in [9.17, 15) is 0 Å². The van der Waals surface area contributed by atoms with Crippen molar-refractivity contribution in [3.05, 3.63) is 48.0 Å². The Kier molecular flexibility index (Phi) is 4.11. The minimum atomic E-state index is 0.578. The predicted molar refractivity (Wildman–Crippen MR) is 81.2 cm³/mol. The molecule has 0 heterocycles. The molecule has 0 fully saturated rings. The van der Waals surface area contributed by atoms with E-state index in [0.29, 0.717) is 23.6 Å². The maximum Gasteiger partial charge on any atom is 0.144 e. The van der Waals surface area contributed by atoms with Crippen LogP contribution >= 0.6 is 0 Å². The Bertz CT molecular complexity index is 629. The Morgan fingerprint density at radius 2 is 1.90 bits per heavy atom. The first kappa shape index (κ1) is 13.8. The molecule has 102 valence electrons. The van der Waals surface area contributed by atoms with Gasteiger partial charge >= 0.3 is 0 Å². The van der Waals surface area contributed by atoms with Crippen molar-refractivity contribution in [2.45, 2.75) is 6.92 Å². The number of benzene rings is 2.